The van der Waals surface area contributed by atoms with E-state index in [1.807, 2.05) is 6.20 Å². The third kappa shape index (κ3) is 3.81. The van der Waals surface area contributed by atoms with Crippen molar-refractivity contribution >= 4 is 5.82 Å². The number of hydrogen-bond donors (Lipinski definition) is 0. The van der Waals surface area contributed by atoms with E-state index in [9.17, 15) is 0 Å². The lowest BCUT2D eigenvalue weighted by atomic mass is 9.94. The highest BCUT2D eigenvalue weighted by Gasteiger charge is 2.16. The molecular formula is C14H21N3O. The van der Waals surface area contributed by atoms with Crippen LogP contribution < -0.4 is 4.90 Å². The molecule has 0 saturated heterocycles. The SMILES string of the molecule is COCCN(CC1CC=CCC1)c1cnccn1. The lowest BCUT2D eigenvalue weighted by Crippen LogP contribution is -2.33. The molecule has 0 fully saturated rings. The molecule has 1 aliphatic carbocycles. The molecule has 1 heterocycles. The molecule has 0 radical (unpaired) electrons. The molecule has 0 bridgehead atoms. The number of methoxy groups -OCH3 is 1. The van der Waals surface area contributed by atoms with Crippen LogP contribution in [0.25, 0.3) is 0 Å². The van der Waals surface area contributed by atoms with Crippen LogP contribution in [0.5, 0.6) is 0 Å². The molecule has 0 spiro atoms. The van der Waals surface area contributed by atoms with Gasteiger partial charge in [0.2, 0.25) is 0 Å². The Bertz CT molecular complexity index is 367. The Morgan fingerprint density at radius 1 is 1.39 bits per heavy atom. The van der Waals surface area contributed by atoms with Gasteiger partial charge in [0.15, 0.2) is 0 Å². The average molecular weight is 247 g/mol. The second-order valence-electron chi connectivity index (χ2n) is 4.65. The Hall–Kier alpha value is -1.42. The first-order valence-corrected chi connectivity index (χ1v) is 6.55. The maximum atomic E-state index is 5.18. The van der Waals surface area contributed by atoms with E-state index in [1.54, 1.807) is 19.5 Å². The summed E-state index contributed by atoms with van der Waals surface area (Å²) in [6.07, 6.45) is 13.5. The molecule has 1 atom stereocenters. The summed E-state index contributed by atoms with van der Waals surface area (Å²) >= 11 is 0. The molecule has 1 aromatic heterocycles. The fourth-order valence-electron chi connectivity index (χ4n) is 2.29. The van der Waals surface area contributed by atoms with Gasteiger partial charge in [-0.05, 0) is 25.2 Å². The van der Waals surface area contributed by atoms with Gasteiger partial charge in [0, 0.05) is 32.6 Å². The summed E-state index contributed by atoms with van der Waals surface area (Å²) in [5.74, 6) is 1.66. The van der Waals surface area contributed by atoms with Crippen molar-refractivity contribution < 1.29 is 4.74 Å². The summed E-state index contributed by atoms with van der Waals surface area (Å²) in [6.45, 7) is 2.63. The molecule has 2 rings (SSSR count). The van der Waals surface area contributed by atoms with Gasteiger partial charge in [0.25, 0.3) is 0 Å². The van der Waals surface area contributed by atoms with Gasteiger partial charge in [-0.2, -0.15) is 0 Å². The summed E-state index contributed by atoms with van der Waals surface area (Å²) in [4.78, 5) is 10.8. The van der Waals surface area contributed by atoms with Crippen LogP contribution in [0.3, 0.4) is 0 Å². The summed E-state index contributed by atoms with van der Waals surface area (Å²) in [5, 5.41) is 0. The molecule has 0 aliphatic heterocycles. The number of ether oxygens (including phenoxy) is 1. The van der Waals surface area contributed by atoms with Crippen LogP contribution in [0.4, 0.5) is 5.82 Å². The molecule has 0 aromatic carbocycles. The first-order valence-electron chi connectivity index (χ1n) is 6.55. The second-order valence-corrected chi connectivity index (χ2v) is 4.65. The fourth-order valence-corrected chi connectivity index (χ4v) is 2.29. The van der Waals surface area contributed by atoms with Crippen LogP contribution in [0.2, 0.25) is 0 Å². The summed E-state index contributed by atoms with van der Waals surface area (Å²) in [5.41, 5.74) is 0. The molecule has 0 saturated carbocycles. The van der Waals surface area contributed by atoms with Gasteiger partial charge in [0.1, 0.15) is 5.82 Å². The van der Waals surface area contributed by atoms with E-state index >= 15 is 0 Å². The Morgan fingerprint density at radius 3 is 3.00 bits per heavy atom. The molecule has 1 aliphatic rings. The molecule has 0 amide bonds. The minimum Gasteiger partial charge on any atom is -0.383 e. The van der Waals surface area contributed by atoms with Crippen LogP contribution in [-0.2, 0) is 4.74 Å². The van der Waals surface area contributed by atoms with Crippen LogP contribution in [-0.4, -0.2) is 36.8 Å². The van der Waals surface area contributed by atoms with Crippen molar-refractivity contribution in [1.29, 1.82) is 0 Å². The van der Waals surface area contributed by atoms with Gasteiger partial charge < -0.3 is 9.64 Å². The number of aromatic nitrogens is 2. The van der Waals surface area contributed by atoms with Gasteiger partial charge in [0.05, 0.1) is 12.8 Å². The molecule has 98 valence electrons. The minimum absolute atomic E-state index is 0.717. The predicted molar refractivity (Wildman–Crippen MR) is 72.6 cm³/mol. The third-order valence-corrected chi connectivity index (χ3v) is 3.30. The van der Waals surface area contributed by atoms with Gasteiger partial charge >= 0.3 is 0 Å². The van der Waals surface area contributed by atoms with Crippen molar-refractivity contribution in [3.63, 3.8) is 0 Å². The summed E-state index contributed by atoms with van der Waals surface area (Å²) in [6, 6.07) is 0. The van der Waals surface area contributed by atoms with Crippen molar-refractivity contribution in [2.24, 2.45) is 5.92 Å². The normalized spacial score (nSPS) is 18.8. The zero-order valence-electron chi connectivity index (χ0n) is 11.0. The highest BCUT2D eigenvalue weighted by Crippen LogP contribution is 2.21. The number of hydrogen-bond acceptors (Lipinski definition) is 4. The standard InChI is InChI=1S/C14H21N3O/c1-18-10-9-17(14-11-15-7-8-16-14)12-13-5-3-2-4-6-13/h2-3,7-8,11,13H,4-6,9-10,12H2,1H3. The highest BCUT2D eigenvalue weighted by molar-refractivity contribution is 5.35. The molecule has 0 N–H and O–H groups in total. The first kappa shape index (κ1) is 13.0. The second kappa shape index (κ2) is 7.11. The lowest BCUT2D eigenvalue weighted by Gasteiger charge is -2.28. The number of rotatable bonds is 6. The van der Waals surface area contributed by atoms with E-state index in [-0.39, 0.29) is 0 Å². The largest absolute Gasteiger partial charge is 0.383 e. The molecule has 4 heteroatoms. The fraction of sp³-hybridized carbons (Fsp3) is 0.571. The Kier molecular flexibility index (Phi) is 5.15. The topological polar surface area (TPSA) is 38.2 Å². The maximum Gasteiger partial charge on any atom is 0.147 e. The van der Waals surface area contributed by atoms with E-state index in [0.717, 1.165) is 25.5 Å². The Balaban J connectivity index is 1.98. The summed E-state index contributed by atoms with van der Waals surface area (Å²) < 4.78 is 5.18. The number of anilines is 1. The van der Waals surface area contributed by atoms with E-state index in [4.69, 9.17) is 4.74 Å². The summed E-state index contributed by atoms with van der Waals surface area (Å²) in [7, 11) is 1.73. The lowest BCUT2D eigenvalue weighted by molar-refractivity contribution is 0.203. The zero-order valence-corrected chi connectivity index (χ0v) is 11.0. The number of allylic oxidation sites excluding steroid dienone is 2. The van der Waals surface area contributed by atoms with Gasteiger partial charge in [-0.1, -0.05) is 12.2 Å². The van der Waals surface area contributed by atoms with E-state index in [2.05, 4.69) is 27.0 Å². The molecule has 4 nitrogen and oxygen atoms in total. The molecular weight excluding hydrogens is 226 g/mol. The highest BCUT2D eigenvalue weighted by atomic mass is 16.5. The van der Waals surface area contributed by atoms with Crippen molar-refractivity contribution in [2.45, 2.75) is 19.3 Å². The zero-order chi connectivity index (χ0) is 12.6. The van der Waals surface area contributed by atoms with Crippen molar-refractivity contribution in [3.8, 4) is 0 Å². The van der Waals surface area contributed by atoms with Crippen LogP contribution in [0.15, 0.2) is 30.7 Å². The predicted octanol–water partition coefficient (Wildman–Crippen LogP) is 2.29. The number of nitrogens with zero attached hydrogens (tertiary/aromatic N) is 3. The Morgan fingerprint density at radius 2 is 2.33 bits per heavy atom. The van der Waals surface area contributed by atoms with Gasteiger partial charge in [-0.25, -0.2) is 4.98 Å². The smallest absolute Gasteiger partial charge is 0.147 e. The minimum atomic E-state index is 0.717. The van der Waals surface area contributed by atoms with E-state index in [1.165, 1.54) is 19.3 Å². The van der Waals surface area contributed by atoms with Gasteiger partial charge in [-0.15, -0.1) is 0 Å². The van der Waals surface area contributed by atoms with E-state index in [0.29, 0.717) is 5.92 Å². The van der Waals surface area contributed by atoms with Gasteiger partial charge in [-0.3, -0.25) is 4.98 Å². The van der Waals surface area contributed by atoms with Crippen molar-refractivity contribution in [1.82, 2.24) is 9.97 Å². The molecule has 1 unspecified atom stereocenters. The average Bonchev–Trinajstić information content (AvgIpc) is 2.45. The van der Waals surface area contributed by atoms with Crippen molar-refractivity contribution in [3.05, 3.63) is 30.7 Å². The molecule has 1 aromatic rings. The quantitative estimate of drug-likeness (QED) is 0.723. The van der Waals surface area contributed by atoms with E-state index < -0.39 is 0 Å². The first-order chi connectivity index (χ1) is 8.90. The van der Waals surface area contributed by atoms with Crippen molar-refractivity contribution in [2.75, 3.05) is 31.7 Å². The molecule has 18 heavy (non-hydrogen) atoms. The monoisotopic (exact) mass is 247 g/mol. The van der Waals surface area contributed by atoms with Crippen LogP contribution in [0, 0.1) is 5.92 Å². The van der Waals surface area contributed by atoms with Crippen LogP contribution >= 0.6 is 0 Å². The third-order valence-electron chi connectivity index (χ3n) is 3.30. The maximum absolute atomic E-state index is 5.18. The van der Waals surface area contributed by atoms with Crippen LogP contribution in [0.1, 0.15) is 19.3 Å². The Labute approximate surface area is 109 Å².